The van der Waals surface area contributed by atoms with Crippen LogP contribution in [0.25, 0.3) is 0 Å². The van der Waals surface area contributed by atoms with Gasteiger partial charge in [0, 0.05) is 37.7 Å². The highest BCUT2D eigenvalue weighted by Crippen LogP contribution is 2.09. The van der Waals surface area contributed by atoms with Crippen LogP contribution in [0.3, 0.4) is 0 Å². The van der Waals surface area contributed by atoms with Crippen LogP contribution in [0.5, 0.6) is 0 Å². The molecule has 23 nitrogen and oxygen atoms in total. The lowest BCUT2D eigenvalue weighted by Crippen LogP contribution is -2.60. The number of carboxylic acid groups (broad SMARTS) is 2. The molecule has 0 saturated carbocycles. The van der Waals surface area contributed by atoms with Gasteiger partial charge in [-0.15, -0.1) is 0 Å². The molecule has 0 aliphatic heterocycles. The Bertz CT molecular complexity index is 1800. The van der Waals surface area contributed by atoms with E-state index >= 15 is 0 Å². The fourth-order valence-corrected chi connectivity index (χ4v) is 5.77. The van der Waals surface area contributed by atoms with Gasteiger partial charge in [-0.25, -0.2) is 9.78 Å². The SMILES string of the molecule is CC(C)C[C@H](NC(=O)[C@H](CCCN=C(N)N)NC(=O)[C@H](Cc1ccccc1)NC(=O)CNC(=O)[C@@H](NC(=O)[C@H](Cc1cnc[nH]1)NC(=O)[C@@H](N)CCC(=O)O)[C@@H](C)O)C(=O)O. The van der Waals surface area contributed by atoms with E-state index in [0.29, 0.717) is 11.3 Å². The maximum Gasteiger partial charge on any atom is 0.326 e. The van der Waals surface area contributed by atoms with Crippen LogP contribution in [0.4, 0.5) is 0 Å². The first kappa shape index (κ1) is 50.5. The number of hydrogen-bond acceptors (Lipinski definition) is 12. The van der Waals surface area contributed by atoms with Gasteiger partial charge < -0.3 is 69.4 Å². The number of amides is 6. The third kappa shape index (κ3) is 19.3. The minimum absolute atomic E-state index is 0.0131. The fraction of sp³-hybridized carbons (Fsp3) is 0.526. The number of carbonyl (C=O) groups is 8. The molecule has 2 rings (SSSR count). The first-order valence-corrected chi connectivity index (χ1v) is 19.5. The number of guanidine groups is 1. The molecule has 1 heterocycles. The third-order valence-electron chi connectivity index (χ3n) is 8.94. The summed E-state index contributed by atoms with van der Waals surface area (Å²) in [6.45, 7) is 4.10. The molecular weight excluding hydrogens is 800 g/mol. The number of H-pyrrole nitrogens is 1. The highest BCUT2D eigenvalue weighted by Gasteiger charge is 2.33. The van der Waals surface area contributed by atoms with E-state index in [-0.39, 0.29) is 56.9 Å². The van der Waals surface area contributed by atoms with Crippen molar-refractivity contribution in [3.63, 3.8) is 0 Å². The summed E-state index contributed by atoms with van der Waals surface area (Å²) in [5.74, 6) is -8.01. The number of carboxylic acids is 2. The number of nitrogens with two attached hydrogens (primary N) is 3. The van der Waals surface area contributed by atoms with Crippen LogP contribution < -0.4 is 49.1 Å². The average Bonchev–Trinajstić information content (AvgIpc) is 3.71. The Labute approximate surface area is 351 Å². The molecule has 0 aliphatic rings. The molecule has 0 saturated heterocycles. The Morgan fingerprint density at radius 3 is 1.95 bits per heavy atom. The van der Waals surface area contributed by atoms with Crippen molar-refractivity contribution in [3.05, 3.63) is 54.1 Å². The molecule has 336 valence electrons. The van der Waals surface area contributed by atoms with Crippen molar-refractivity contribution in [2.24, 2.45) is 28.1 Å². The lowest BCUT2D eigenvalue weighted by atomic mass is 10.0. The Morgan fingerprint density at radius 1 is 0.770 bits per heavy atom. The topological polar surface area (TPSA) is 389 Å². The Hall–Kier alpha value is -6.62. The Balaban J connectivity index is 2.23. The number of nitrogens with zero attached hydrogens (tertiary/aromatic N) is 2. The van der Waals surface area contributed by atoms with Crippen LogP contribution in [0.2, 0.25) is 0 Å². The number of aliphatic imine (C=N–C) groups is 1. The molecule has 2 aromatic rings. The predicted molar refractivity (Wildman–Crippen MR) is 219 cm³/mol. The van der Waals surface area contributed by atoms with E-state index in [9.17, 15) is 48.6 Å². The summed E-state index contributed by atoms with van der Waals surface area (Å²) in [6.07, 6.45) is 0.614. The summed E-state index contributed by atoms with van der Waals surface area (Å²) in [5.41, 5.74) is 17.6. The van der Waals surface area contributed by atoms with Crippen molar-refractivity contribution in [2.75, 3.05) is 13.1 Å². The first-order valence-electron chi connectivity index (χ1n) is 19.5. The lowest BCUT2D eigenvalue weighted by molar-refractivity contribution is -0.143. The summed E-state index contributed by atoms with van der Waals surface area (Å²) >= 11 is 0. The van der Waals surface area contributed by atoms with Gasteiger partial charge in [-0.1, -0.05) is 44.2 Å². The van der Waals surface area contributed by atoms with Crippen molar-refractivity contribution in [2.45, 2.75) is 108 Å². The zero-order valence-electron chi connectivity index (χ0n) is 34.3. The van der Waals surface area contributed by atoms with E-state index in [1.165, 1.54) is 19.4 Å². The molecule has 6 amide bonds. The van der Waals surface area contributed by atoms with E-state index in [1.54, 1.807) is 44.2 Å². The maximum atomic E-state index is 13.8. The minimum atomic E-state index is -1.66. The number of aliphatic hydroxyl groups is 1. The molecular formula is C38H58N12O11. The summed E-state index contributed by atoms with van der Waals surface area (Å²) in [4.78, 5) is 113. The summed E-state index contributed by atoms with van der Waals surface area (Å²) < 4.78 is 0. The Morgan fingerprint density at radius 2 is 1.38 bits per heavy atom. The van der Waals surface area contributed by atoms with Crippen LogP contribution in [-0.4, -0.2) is 134 Å². The van der Waals surface area contributed by atoms with Crippen LogP contribution in [0.15, 0.2) is 47.8 Å². The van der Waals surface area contributed by atoms with E-state index in [0.717, 1.165) is 0 Å². The number of aromatic nitrogens is 2. The second kappa shape index (κ2) is 25.8. The monoisotopic (exact) mass is 858 g/mol. The smallest absolute Gasteiger partial charge is 0.326 e. The number of benzene rings is 1. The van der Waals surface area contributed by atoms with Crippen molar-refractivity contribution < 1.29 is 53.7 Å². The number of aliphatic carboxylic acids is 2. The summed E-state index contributed by atoms with van der Waals surface area (Å²) in [7, 11) is 0. The van der Waals surface area contributed by atoms with Crippen LogP contribution >= 0.6 is 0 Å². The molecule has 0 bridgehead atoms. The van der Waals surface area contributed by atoms with E-state index in [4.69, 9.17) is 22.3 Å². The molecule has 1 aromatic carbocycles. The van der Waals surface area contributed by atoms with Gasteiger partial charge in [-0.2, -0.15) is 0 Å². The molecule has 0 fully saturated rings. The van der Waals surface area contributed by atoms with Crippen LogP contribution in [-0.2, 0) is 51.2 Å². The zero-order valence-corrected chi connectivity index (χ0v) is 34.3. The molecule has 0 unspecified atom stereocenters. The first-order chi connectivity index (χ1) is 28.8. The van der Waals surface area contributed by atoms with Crippen LogP contribution in [0.1, 0.15) is 64.1 Å². The quantitative estimate of drug-likeness (QED) is 0.0235. The van der Waals surface area contributed by atoms with Gasteiger partial charge in [0.05, 0.1) is 25.0 Å². The summed E-state index contributed by atoms with van der Waals surface area (Å²) in [6, 6.07) is 0.364. The second-order valence-electron chi connectivity index (χ2n) is 14.7. The molecule has 0 aliphatic carbocycles. The van der Waals surface area contributed by atoms with Gasteiger partial charge in [0.25, 0.3) is 0 Å². The molecule has 1 aromatic heterocycles. The number of rotatable bonds is 27. The number of aromatic amines is 1. The van der Waals surface area contributed by atoms with E-state index < -0.39 is 103 Å². The van der Waals surface area contributed by atoms with Gasteiger partial charge in [-0.3, -0.25) is 38.6 Å². The van der Waals surface area contributed by atoms with Gasteiger partial charge in [-0.05, 0) is 44.1 Å². The Kier molecular flexibility index (Phi) is 21.3. The number of nitrogens with one attached hydrogen (secondary N) is 7. The molecule has 7 atom stereocenters. The van der Waals surface area contributed by atoms with Gasteiger partial charge in [0.1, 0.15) is 30.2 Å². The average molecular weight is 859 g/mol. The molecule has 16 N–H and O–H groups in total. The molecule has 23 heteroatoms. The van der Waals surface area contributed by atoms with Crippen molar-refractivity contribution in [3.8, 4) is 0 Å². The van der Waals surface area contributed by atoms with E-state index in [1.807, 2.05) is 0 Å². The third-order valence-corrected chi connectivity index (χ3v) is 8.94. The lowest BCUT2D eigenvalue weighted by Gasteiger charge is -2.26. The standard InChI is InChI=1S/C38H58N12O11/c1-20(2)14-28(37(60)61)49-33(56)25(10-7-13-43-38(40)41)47-34(57)26(15-22-8-5-4-6-9-22)46-29(52)18-44-36(59)31(21(3)51)50-35(58)27(16-23-17-42-19-45-23)48-32(55)24(39)11-12-30(53)54/h4-6,8-9,17,19-21,24-28,31,51H,7,10-16,18,39H2,1-3H3,(H,42,45)(H,44,59)(H,46,52)(H,47,57)(H,48,55)(H,49,56)(H,50,58)(H,53,54)(H,60,61)(H4,40,41,43)/t21-,24+,25+,26+,27+,28+,31+/m1/s1. The van der Waals surface area contributed by atoms with E-state index in [2.05, 4.69) is 46.9 Å². The van der Waals surface area contributed by atoms with Gasteiger partial charge in [0.2, 0.25) is 35.4 Å². The molecule has 61 heavy (non-hydrogen) atoms. The largest absolute Gasteiger partial charge is 0.481 e. The number of carbonyl (C=O) groups excluding carboxylic acids is 6. The number of hydrogen-bond donors (Lipinski definition) is 13. The second-order valence-corrected chi connectivity index (χ2v) is 14.7. The van der Waals surface area contributed by atoms with Crippen molar-refractivity contribution in [1.29, 1.82) is 0 Å². The number of imidazole rings is 1. The zero-order chi connectivity index (χ0) is 45.6. The normalized spacial score (nSPS) is 14.4. The van der Waals surface area contributed by atoms with Crippen LogP contribution in [0, 0.1) is 5.92 Å². The fourth-order valence-electron chi connectivity index (χ4n) is 5.77. The number of aliphatic hydroxyl groups excluding tert-OH is 1. The summed E-state index contributed by atoms with van der Waals surface area (Å²) in [5, 5.41) is 43.8. The maximum absolute atomic E-state index is 13.8. The van der Waals surface area contributed by atoms with Gasteiger partial charge >= 0.3 is 11.9 Å². The van der Waals surface area contributed by atoms with Crippen molar-refractivity contribution >= 4 is 53.3 Å². The van der Waals surface area contributed by atoms with Crippen molar-refractivity contribution in [1.82, 2.24) is 41.9 Å². The highest BCUT2D eigenvalue weighted by atomic mass is 16.4. The molecule has 0 spiro atoms. The minimum Gasteiger partial charge on any atom is -0.481 e. The highest BCUT2D eigenvalue weighted by molar-refractivity contribution is 5.96. The van der Waals surface area contributed by atoms with Gasteiger partial charge in [0.15, 0.2) is 5.96 Å². The molecule has 0 radical (unpaired) electrons. The predicted octanol–water partition coefficient (Wildman–Crippen LogP) is -3.51.